The molecule has 0 aliphatic carbocycles. The molecule has 1 aliphatic rings. The second-order valence-electron chi connectivity index (χ2n) is 5.29. The highest BCUT2D eigenvalue weighted by Gasteiger charge is 2.22. The lowest BCUT2D eigenvalue weighted by atomic mass is 9.92. The zero-order valence-corrected chi connectivity index (χ0v) is 13.0. The second-order valence-corrected chi connectivity index (χ2v) is 5.29. The third-order valence-electron chi connectivity index (χ3n) is 3.64. The van der Waals surface area contributed by atoms with E-state index >= 15 is 0 Å². The summed E-state index contributed by atoms with van der Waals surface area (Å²) in [5.74, 6) is 2.23. The van der Waals surface area contributed by atoms with Gasteiger partial charge < -0.3 is 9.47 Å². The first-order valence-electron chi connectivity index (χ1n) is 7.59. The Kier molecular flexibility index (Phi) is 5.82. The van der Waals surface area contributed by atoms with Crippen molar-refractivity contribution in [2.24, 2.45) is 0 Å². The lowest BCUT2D eigenvalue weighted by Crippen LogP contribution is -2.09. The van der Waals surface area contributed by atoms with E-state index in [9.17, 15) is 0 Å². The van der Waals surface area contributed by atoms with E-state index in [1.54, 1.807) is 6.08 Å². The van der Waals surface area contributed by atoms with Crippen molar-refractivity contribution in [3.63, 3.8) is 0 Å². The Morgan fingerprint density at radius 3 is 2.95 bits per heavy atom. The van der Waals surface area contributed by atoms with Crippen molar-refractivity contribution in [3.8, 4) is 5.75 Å². The van der Waals surface area contributed by atoms with E-state index < -0.39 is 0 Å². The first-order valence-corrected chi connectivity index (χ1v) is 7.59. The molecule has 0 spiro atoms. The van der Waals surface area contributed by atoms with Crippen LogP contribution in [0.2, 0.25) is 0 Å². The summed E-state index contributed by atoms with van der Waals surface area (Å²) in [6.45, 7) is 9.43. The number of allylic oxidation sites excluding steroid dienone is 5. The van der Waals surface area contributed by atoms with Crippen LogP contribution in [0.3, 0.4) is 0 Å². The van der Waals surface area contributed by atoms with Gasteiger partial charge in [-0.05, 0) is 31.4 Å². The maximum Gasteiger partial charge on any atom is 0.130 e. The summed E-state index contributed by atoms with van der Waals surface area (Å²) < 4.78 is 11.8. The number of para-hydroxylation sites is 1. The van der Waals surface area contributed by atoms with Gasteiger partial charge in [-0.1, -0.05) is 49.9 Å². The molecule has 1 aromatic carbocycles. The number of hydrogen-bond acceptors (Lipinski definition) is 2. The van der Waals surface area contributed by atoms with Crippen LogP contribution in [0, 0.1) is 0 Å². The fourth-order valence-electron chi connectivity index (χ4n) is 2.55. The Morgan fingerprint density at radius 2 is 2.19 bits per heavy atom. The molecule has 0 radical (unpaired) electrons. The Hall–Kier alpha value is -1.80. The average molecular weight is 284 g/mol. The van der Waals surface area contributed by atoms with Crippen LogP contribution in [-0.2, 0) is 4.74 Å². The van der Waals surface area contributed by atoms with Gasteiger partial charge >= 0.3 is 0 Å². The van der Waals surface area contributed by atoms with Gasteiger partial charge in [-0.25, -0.2) is 0 Å². The van der Waals surface area contributed by atoms with E-state index in [-0.39, 0.29) is 0 Å². The molecule has 0 saturated carbocycles. The highest BCUT2D eigenvalue weighted by Crippen LogP contribution is 2.37. The molecule has 112 valence electrons. The SMILES string of the molecule is C=C/C=C\C1=C(C)Oc2ccccc2C(COCCC)C1. The summed E-state index contributed by atoms with van der Waals surface area (Å²) in [6.07, 6.45) is 7.81. The van der Waals surface area contributed by atoms with Crippen LogP contribution < -0.4 is 4.74 Å². The van der Waals surface area contributed by atoms with Crippen molar-refractivity contribution in [3.05, 3.63) is 66.0 Å². The first-order chi connectivity index (χ1) is 10.3. The fourth-order valence-corrected chi connectivity index (χ4v) is 2.55. The molecule has 0 amide bonds. The molecule has 2 heteroatoms. The minimum absolute atomic E-state index is 0.328. The van der Waals surface area contributed by atoms with Crippen molar-refractivity contribution in [1.82, 2.24) is 0 Å². The van der Waals surface area contributed by atoms with Crippen molar-refractivity contribution in [2.45, 2.75) is 32.6 Å². The average Bonchev–Trinajstić information content (AvgIpc) is 2.62. The largest absolute Gasteiger partial charge is 0.461 e. The fraction of sp³-hybridized carbons (Fsp3) is 0.368. The molecule has 1 unspecified atom stereocenters. The third kappa shape index (κ3) is 4.08. The highest BCUT2D eigenvalue weighted by molar-refractivity contribution is 5.42. The zero-order valence-electron chi connectivity index (χ0n) is 13.0. The van der Waals surface area contributed by atoms with E-state index in [0.717, 1.165) is 37.6 Å². The van der Waals surface area contributed by atoms with Crippen LogP contribution >= 0.6 is 0 Å². The highest BCUT2D eigenvalue weighted by atomic mass is 16.5. The van der Waals surface area contributed by atoms with Crippen LogP contribution in [0.4, 0.5) is 0 Å². The van der Waals surface area contributed by atoms with Gasteiger partial charge in [0, 0.05) is 18.1 Å². The summed E-state index contributed by atoms with van der Waals surface area (Å²) in [4.78, 5) is 0. The minimum Gasteiger partial charge on any atom is -0.461 e. The van der Waals surface area contributed by atoms with E-state index in [1.165, 1.54) is 11.1 Å². The molecular formula is C19H24O2. The van der Waals surface area contributed by atoms with Gasteiger partial charge in [0.2, 0.25) is 0 Å². The van der Waals surface area contributed by atoms with Gasteiger partial charge in [0.05, 0.1) is 6.61 Å². The number of benzene rings is 1. The molecule has 0 saturated heterocycles. The van der Waals surface area contributed by atoms with Gasteiger partial charge in [0.25, 0.3) is 0 Å². The van der Waals surface area contributed by atoms with Crippen molar-refractivity contribution >= 4 is 0 Å². The molecule has 0 bridgehead atoms. The van der Waals surface area contributed by atoms with Crippen LogP contribution in [0.1, 0.15) is 38.2 Å². The number of fused-ring (bicyclic) bond motifs is 1. The predicted molar refractivity (Wildman–Crippen MR) is 87.6 cm³/mol. The molecule has 0 N–H and O–H groups in total. The molecule has 2 rings (SSSR count). The van der Waals surface area contributed by atoms with Gasteiger partial charge in [-0.3, -0.25) is 0 Å². The van der Waals surface area contributed by atoms with E-state index in [1.807, 2.05) is 25.1 Å². The molecule has 1 aliphatic heterocycles. The zero-order chi connectivity index (χ0) is 15.1. The van der Waals surface area contributed by atoms with Gasteiger partial charge in [-0.2, -0.15) is 0 Å². The normalized spacial score (nSPS) is 18.3. The monoisotopic (exact) mass is 284 g/mol. The summed E-state index contributed by atoms with van der Waals surface area (Å²) in [7, 11) is 0. The van der Waals surface area contributed by atoms with Crippen molar-refractivity contribution < 1.29 is 9.47 Å². The number of hydrogen-bond donors (Lipinski definition) is 0. The smallest absolute Gasteiger partial charge is 0.130 e. The Morgan fingerprint density at radius 1 is 1.38 bits per heavy atom. The van der Waals surface area contributed by atoms with Gasteiger partial charge in [-0.15, -0.1) is 0 Å². The van der Waals surface area contributed by atoms with E-state index in [2.05, 4.69) is 31.7 Å². The Balaban J connectivity index is 2.28. The molecular weight excluding hydrogens is 260 g/mol. The quantitative estimate of drug-likeness (QED) is 0.541. The molecule has 2 nitrogen and oxygen atoms in total. The molecule has 0 fully saturated rings. The Bertz CT molecular complexity index is 540. The maximum absolute atomic E-state index is 6.04. The molecule has 21 heavy (non-hydrogen) atoms. The summed E-state index contributed by atoms with van der Waals surface area (Å²) in [5.41, 5.74) is 2.44. The molecule has 1 heterocycles. The van der Waals surface area contributed by atoms with E-state index in [0.29, 0.717) is 5.92 Å². The van der Waals surface area contributed by atoms with Crippen molar-refractivity contribution in [1.29, 1.82) is 0 Å². The summed E-state index contributed by atoms with van der Waals surface area (Å²) in [6, 6.07) is 8.25. The predicted octanol–water partition coefficient (Wildman–Crippen LogP) is 5.00. The number of rotatable bonds is 6. The topological polar surface area (TPSA) is 18.5 Å². The lowest BCUT2D eigenvalue weighted by molar-refractivity contribution is 0.120. The van der Waals surface area contributed by atoms with Gasteiger partial charge in [0.1, 0.15) is 11.5 Å². The van der Waals surface area contributed by atoms with Crippen LogP contribution in [0.25, 0.3) is 0 Å². The standard InChI is InChI=1S/C19H24O2/c1-4-6-9-16-13-17(14-20-12-5-2)18-10-7-8-11-19(18)21-15(16)3/h4,6-11,17H,1,5,12-14H2,2-3H3/b9-6-. The summed E-state index contributed by atoms with van der Waals surface area (Å²) >= 11 is 0. The molecule has 0 aromatic heterocycles. The van der Waals surface area contributed by atoms with Crippen LogP contribution in [-0.4, -0.2) is 13.2 Å². The van der Waals surface area contributed by atoms with E-state index in [4.69, 9.17) is 9.47 Å². The summed E-state index contributed by atoms with van der Waals surface area (Å²) in [5, 5.41) is 0. The minimum atomic E-state index is 0.328. The third-order valence-corrected chi connectivity index (χ3v) is 3.64. The van der Waals surface area contributed by atoms with Gasteiger partial charge in [0.15, 0.2) is 0 Å². The second kappa shape index (κ2) is 7.84. The molecule has 1 aromatic rings. The van der Waals surface area contributed by atoms with Crippen LogP contribution in [0.5, 0.6) is 5.75 Å². The van der Waals surface area contributed by atoms with Crippen LogP contribution in [0.15, 0.2) is 60.4 Å². The lowest BCUT2D eigenvalue weighted by Gasteiger charge is -2.17. The maximum atomic E-state index is 6.04. The van der Waals surface area contributed by atoms with Crippen molar-refractivity contribution in [2.75, 3.05) is 13.2 Å². The number of ether oxygens (including phenoxy) is 2. The Labute approximate surface area is 127 Å². The molecule has 1 atom stereocenters. The first kappa shape index (κ1) is 15.6.